The lowest BCUT2D eigenvalue weighted by molar-refractivity contribution is 0.102. The number of hydrogen-bond donors (Lipinski definition) is 0. The number of hydrogen-bond acceptors (Lipinski definition) is 3. The van der Waals surface area contributed by atoms with Crippen LogP contribution >= 0.6 is 11.6 Å². The van der Waals surface area contributed by atoms with Crippen LogP contribution in [0.4, 0.5) is 0 Å². The Hall–Kier alpha value is -1.22. The lowest BCUT2D eigenvalue weighted by atomic mass is 10.1. The Kier molecular flexibility index (Phi) is 3.77. The molecule has 0 spiro atoms. The molecule has 0 bridgehead atoms. The van der Waals surface area contributed by atoms with Gasteiger partial charge in [-0.05, 0) is 12.1 Å². The monoisotopic (exact) mass is 214 g/mol. The Balaban J connectivity index is 3.10. The van der Waals surface area contributed by atoms with Crippen molar-refractivity contribution in [1.82, 2.24) is 0 Å². The van der Waals surface area contributed by atoms with Crippen LogP contribution in [0.25, 0.3) is 0 Å². The zero-order valence-electron chi connectivity index (χ0n) is 8.04. The average molecular weight is 215 g/mol. The molecule has 0 atom stereocenters. The minimum atomic E-state index is -0.149. The second-order valence-electron chi connectivity index (χ2n) is 2.66. The zero-order chi connectivity index (χ0) is 10.6. The van der Waals surface area contributed by atoms with Gasteiger partial charge in [0, 0.05) is 11.6 Å². The molecule has 0 saturated carbocycles. The van der Waals surface area contributed by atoms with Gasteiger partial charge in [0.2, 0.25) is 0 Å². The summed E-state index contributed by atoms with van der Waals surface area (Å²) in [4.78, 5) is 11.3. The van der Waals surface area contributed by atoms with Gasteiger partial charge in [0.1, 0.15) is 11.5 Å². The molecule has 0 unspecified atom stereocenters. The number of benzene rings is 1. The number of rotatable bonds is 4. The summed E-state index contributed by atoms with van der Waals surface area (Å²) < 4.78 is 10.0. The minimum Gasteiger partial charge on any atom is -0.497 e. The molecule has 1 aromatic carbocycles. The summed E-state index contributed by atoms with van der Waals surface area (Å²) >= 11 is 5.45. The van der Waals surface area contributed by atoms with Gasteiger partial charge in [0.05, 0.1) is 20.1 Å². The fourth-order valence-corrected chi connectivity index (χ4v) is 1.20. The number of alkyl halides is 1. The average Bonchev–Trinajstić information content (AvgIpc) is 2.27. The highest BCUT2D eigenvalue weighted by Gasteiger charge is 2.08. The summed E-state index contributed by atoms with van der Waals surface area (Å²) in [6, 6.07) is 4.96. The number of carbonyl (C=O) groups is 1. The van der Waals surface area contributed by atoms with Gasteiger partial charge in [-0.2, -0.15) is 0 Å². The van der Waals surface area contributed by atoms with E-state index in [4.69, 9.17) is 21.1 Å². The van der Waals surface area contributed by atoms with Gasteiger partial charge in [-0.1, -0.05) is 0 Å². The predicted octanol–water partition coefficient (Wildman–Crippen LogP) is 2.13. The van der Waals surface area contributed by atoms with E-state index in [-0.39, 0.29) is 11.7 Å². The third-order valence-electron chi connectivity index (χ3n) is 1.79. The first-order valence-electron chi connectivity index (χ1n) is 4.03. The molecule has 0 aromatic heterocycles. The summed E-state index contributed by atoms with van der Waals surface area (Å²) in [5, 5.41) is 0. The summed E-state index contributed by atoms with van der Waals surface area (Å²) in [6.07, 6.45) is 0. The highest BCUT2D eigenvalue weighted by atomic mass is 35.5. The second kappa shape index (κ2) is 4.86. The van der Waals surface area contributed by atoms with Crippen LogP contribution in [0.15, 0.2) is 18.2 Å². The summed E-state index contributed by atoms with van der Waals surface area (Å²) in [5.41, 5.74) is 0.496. The van der Waals surface area contributed by atoms with E-state index in [1.807, 2.05) is 0 Å². The van der Waals surface area contributed by atoms with Crippen LogP contribution in [0.5, 0.6) is 11.5 Å². The Morgan fingerprint density at radius 3 is 2.07 bits per heavy atom. The third kappa shape index (κ3) is 2.39. The summed E-state index contributed by atoms with van der Waals surface area (Å²) in [7, 11) is 3.06. The molecule has 1 aromatic rings. The minimum absolute atomic E-state index is 0.0453. The molecule has 0 heterocycles. The highest BCUT2D eigenvalue weighted by molar-refractivity contribution is 6.30. The molecule has 0 amide bonds. The lowest BCUT2D eigenvalue weighted by Gasteiger charge is -2.06. The van der Waals surface area contributed by atoms with E-state index in [0.29, 0.717) is 17.1 Å². The number of ketones is 1. The van der Waals surface area contributed by atoms with Gasteiger partial charge in [-0.25, -0.2) is 0 Å². The van der Waals surface area contributed by atoms with Crippen molar-refractivity contribution in [2.75, 3.05) is 20.1 Å². The van der Waals surface area contributed by atoms with Crippen LogP contribution in [0.2, 0.25) is 0 Å². The summed E-state index contributed by atoms with van der Waals surface area (Å²) in [5.74, 6) is 0.968. The van der Waals surface area contributed by atoms with E-state index in [1.54, 1.807) is 18.2 Å². The van der Waals surface area contributed by atoms with E-state index in [1.165, 1.54) is 14.2 Å². The number of ether oxygens (including phenoxy) is 2. The number of methoxy groups -OCH3 is 2. The van der Waals surface area contributed by atoms with E-state index in [0.717, 1.165) is 0 Å². The smallest absolute Gasteiger partial charge is 0.177 e. The van der Waals surface area contributed by atoms with Crippen LogP contribution in [-0.2, 0) is 0 Å². The summed E-state index contributed by atoms with van der Waals surface area (Å²) in [6.45, 7) is 0. The van der Waals surface area contributed by atoms with Gasteiger partial charge in [0.15, 0.2) is 5.78 Å². The molecule has 0 fully saturated rings. The highest BCUT2D eigenvalue weighted by Crippen LogP contribution is 2.22. The molecule has 0 aliphatic heterocycles. The second-order valence-corrected chi connectivity index (χ2v) is 2.93. The molecule has 0 N–H and O–H groups in total. The SMILES string of the molecule is COc1cc(OC)cc(C(=O)CCl)c1. The fraction of sp³-hybridized carbons (Fsp3) is 0.300. The first-order valence-corrected chi connectivity index (χ1v) is 4.57. The van der Waals surface area contributed by atoms with Crippen LogP contribution in [0.1, 0.15) is 10.4 Å². The van der Waals surface area contributed by atoms with E-state index < -0.39 is 0 Å². The number of halogens is 1. The van der Waals surface area contributed by atoms with Crippen LogP contribution in [0.3, 0.4) is 0 Å². The standard InChI is InChI=1S/C10H11ClO3/c1-13-8-3-7(10(12)6-11)4-9(5-8)14-2/h3-5H,6H2,1-2H3. The number of carbonyl (C=O) groups excluding carboxylic acids is 1. The van der Waals surface area contributed by atoms with Crippen molar-refractivity contribution in [2.45, 2.75) is 0 Å². The fourth-order valence-electron chi connectivity index (χ4n) is 1.05. The van der Waals surface area contributed by atoms with Crippen molar-refractivity contribution >= 4 is 17.4 Å². The van der Waals surface area contributed by atoms with E-state index >= 15 is 0 Å². The maximum Gasteiger partial charge on any atom is 0.177 e. The van der Waals surface area contributed by atoms with Crippen molar-refractivity contribution in [3.05, 3.63) is 23.8 Å². The van der Waals surface area contributed by atoms with E-state index in [9.17, 15) is 4.79 Å². The molecule has 76 valence electrons. The maximum atomic E-state index is 11.3. The molecule has 4 heteroatoms. The Labute approximate surface area is 87.6 Å². The Morgan fingerprint density at radius 1 is 1.21 bits per heavy atom. The predicted molar refractivity (Wildman–Crippen MR) is 54.6 cm³/mol. The van der Waals surface area contributed by atoms with Crippen molar-refractivity contribution in [3.8, 4) is 11.5 Å². The first-order chi connectivity index (χ1) is 6.71. The van der Waals surface area contributed by atoms with Crippen molar-refractivity contribution in [2.24, 2.45) is 0 Å². The maximum absolute atomic E-state index is 11.3. The molecule has 3 nitrogen and oxygen atoms in total. The van der Waals surface area contributed by atoms with Gasteiger partial charge in [0.25, 0.3) is 0 Å². The zero-order valence-corrected chi connectivity index (χ0v) is 8.80. The van der Waals surface area contributed by atoms with Gasteiger partial charge in [-0.15, -0.1) is 11.6 Å². The van der Waals surface area contributed by atoms with Gasteiger partial charge >= 0.3 is 0 Å². The van der Waals surface area contributed by atoms with E-state index in [2.05, 4.69) is 0 Å². The third-order valence-corrected chi connectivity index (χ3v) is 2.04. The van der Waals surface area contributed by atoms with Crippen LogP contribution in [0, 0.1) is 0 Å². The Bertz CT molecular complexity index is 314. The number of Topliss-reactive ketones (excluding diaryl/α,β-unsaturated/α-hetero) is 1. The first kappa shape index (κ1) is 10.9. The molecule has 0 aliphatic carbocycles. The molecule has 14 heavy (non-hydrogen) atoms. The van der Waals surface area contributed by atoms with Crippen molar-refractivity contribution in [1.29, 1.82) is 0 Å². The molecule has 1 rings (SSSR count). The molecule has 0 aliphatic rings. The Morgan fingerprint density at radius 2 is 1.71 bits per heavy atom. The molecule has 0 radical (unpaired) electrons. The van der Waals surface area contributed by atoms with Gasteiger partial charge in [-0.3, -0.25) is 4.79 Å². The van der Waals surface area contributed by atoms with Crippen LogP contribution < -0.4 is 9.47 Å². The molecular formula is C10H11ClO3. The molecular weight excluding hydrogens is 204 g/mol. The largest absolute Gasteiger partial charge is 0.497 e. The topological polar surface area (TPSA) is 35.5 Å². The van der Waals surface area contributed by atoms with Gasteiger partial charge < -0.3 is 9.47 Å². The lowest BCUT2D eigenvalue weighted by Crippen LogP contribution is -2.01. The van der Waals surface area contributed by atoms with Crippen molar-refractivity contribution < 1.29 is 14.3 Å². The quantitative estimate of drug-likeness (QED) is 0.569. The van der Waals surface area contributed by atoms with Crippen LogP contribution in [-0.4, -0.2) is 25.9 Å². The normalized spacial score (nSPS) is 9.64. The molecule has 0 saturated heterocycles. The van der Waals surface area contributed by atoms with Crippen molar-refractivity contribution in [3.63, 3.8) is 0 Å².